The lowest BCUT2D eigenvalue weighted by Gasteiger charge is -2.05. The lowest BCUT2D eigenvalue weighted by Crippen LogP contribution is -2.16. The molecular formula is C3H6ClFO. The van der Waals surface area contributed by atoms with Crippen molar-refractivity contribution in [2.45, 2.75) is 12.0 Å². The van der Waals surface area contributed by atoms with E-state index < -0.39 is 11.7 Å². The first-order chi connectivity index (χ1) is 2.56. The van der Waals surface area contributed by atoms with Gasteiger partial charge in [-0.05, 0) is 6.92 Å². The molecule has 6 heavy (non-hydrogen) atoms. The van der Waals surface area contributed by atoms with Crippen molar-refractivity contribution in [2.24, 2.45) is 0 Å². The molecule has 0 radical (unpaired) electrons. The molecule has 1 atom stereocenters. The van der Waals surface area contributed by atoms with Crippen molar-refractivity contribution >= 4 is 11.6 Å². The monoisotopic (exact) mass is 112 g/mol. The van der Waals surface area contributed by atoms with E-state index >= 15 is 0 Å². The highest BCUT2D eigenvalue weighted by Crippen LogP contribution is 2.07. The summed E-state index contributed by atoms with van der Waals surface area (Å²) in [5.74, 6) is 0. The maximum absolute atomic E-state index is 11.1. The average molecular weight is 113 g/mol. The first kappa shape index (κ1) is 6.18. The van der Waals surface area contributed by atoms with Crippen molar-refractivity contribution in [3.8, 4) is 0 Å². The fourth-order valence-corrected chi connectivity index (χ4v) is 0. The number of hydrogen-bond donors (Lipinski definition) is 1. The molecule has 0 heterocycles. The van der Waals surface area contributed by atoms with Gasteiger partial charge in [-0.3, -0.25) is 0 Å². The first-order valence-corrected chi connectivity index (χ1v) is 1.91. The number of aliphatic hydroxyl groups is 1. The lowest BCUT2D eigenvalue weighted by atomic mass is 10.5. The van der Waals surface area contributed by atoms with Gasteiger partial charge in [-0.15, -0.1) is 0 Å². The van der Waals surface area contributed by atoms with Gasteiger partial charge >= 0.3 is 0 Å². The Bertz CT molecular complexity index is 40.5. The smallest absolute Gasteiger partial charge is 0.163 e. The van der Waals surface area contributed by atoms with E-state index in [-0.39, 0.29) is 0 Å². The van der Waals surface area contributed by atoms with E-state index in [1.807, 2.05) is 0 Å². The summed E-state index contributed by atoms with van der Waals surface area (Å²) in [6.45, 7) is 0.281. The predicted octanol–water partition coefficient (Wildman–Crippen LogP) is 0.903. The van der Waals surface area contributed by atoms with Crippen LogP contribution in [0.3, 0.4) is 0 Å². The van der Waals surface area contributed by atoms with Crippen molar-refractivity contribution < 1.29 is 9.50 Å². The van der Waals surface area contributed by atoms with Gasteiger partial charge in [-0.25, -0.2) is 4.39 Å². The molecule has 1 nitrogen and oxygen atoms in total. The highest BCUT2D eigenvalue weighted by atomic mass is 35.5. The Morgan fingerprint density at radius 3 is 2.17 bits per heavy atom. The molecule has 0 bridgehead atoms. The maximum Gasteiger partial charge on any atom is 0.163 e. The van der Waals surface area contributed by atoms with Gasteiger partial charge in [0.1, 0.15) is 6.67 Å². The molecular weight excluding hydrogens is 106 g/mol. The second-order valence-electron chi connectivity index (χ2n) is 1.28. The molecule has 1 unspecified atom stereocenters. The predicted molar refractivity (Wildman–Crippen MR) is 22.5 cm³/mol. The summed E-state index contributed by atoms with van der Waals surface area (Å²) < 4.78 is 11.1. The molecule has 1 N–H and O–H groups in total. The summed E-state index contributed by atoms with van der Waals surface area (Å²) >= 11 is 4.90. The van der Waals surface area contributed by atoms with Crippen LogP contribution >= 0.6 is 11.6 Å². The van der Waals surface area contributed by atoms with E-state index in [9.17, 15) is 4.39 Å². The van der Waals surface area contributed by atoms with Gasteiger partial charge < -0.3 is 5.11 Å². The van der Waals surface area contributed by atoms with Crippen LogP contribution in [0.5, 0.6) is 0 Å². The molecule has 0 aromatic carbocycles. The number of rotatable bonds is 1. The Morgan fingerprint density at radius 1 is 2.00 bits per heavy atom. The molecule has 0 saturated carbocycles. The standard InChI is InChI=1S/C3H6ClFO/c1-3(4,6)2-5/h6H,2H2,1H3. The van der Waals surface area contributed by atoms with Gasteiger partial charge in [0.15, 0.2) is 5.06 Å². The Kier molecular flexibility index (Phi) is 1.81. The van der Waals surface area contributed by atoms with Gasteiger partial charge in [0, 0.05) is 0 Å². The maximum atomic E-state index is 11.1. The highest BCUT2D eigenvalue weighted by Gasteiger charge is 2.12. The summed E-state index contributed by atoms with van der Waals surface area (Å²) in [6, 6.07) is 0. The van der Waals surface area contributed by atoms with Crippen LogP contribution in [0.2, 0.25) is 0 Å². The molecule has 0 aromatic rings. The minimum absolute atomic E-state index is 0.908. The third-order valence-electron chi connectivity index (χ3n) is 0.244. The topological polar surface area (TPSA) is 20.2 Å². The number of halogens is 2. The van der Waals surface area contributed by atoms with Crippen molar-refractivity contribution in [3.63, 3.8) is 0 Å². The lowest BCUT2D eigenvalue weighted by molar-refractivity contribution is 0.116. The molecule has 0 spiro atoms. The normalized spacial score (nSPS) is 20.0. The first-order valence-electron chi connectivity index (χ1n) is 1.53. The van der Waals surface area contributed by atoms with Crippen LogP contribution < -0.4 is 0 Å². The van der Waals surface area contributed by atoms with E-state index in [0.717, 1.165) is 0 Å². The zero-order valence-corrected chi connectivity index (χ0v) is 4.17. The molecule has 0 amide bonds. The van der Waals surface area contributed by atoms with Crippen molar-refractivity contribution in [1.29, 1.82) is 0 Å². The summed E-state index contributed by atoms with van der Waals surface area (Å²) in [7, 11) is 0. The van der Waals surface area contributed by atoms with E-state index in [1.54, 1.807) is 0 Å². The fourth-order valence-electron chi connectivity index (χ4n) is 0. The quantitative estimate of drug-likeness (QED) is 0.500. The van der Waals surface area contributed by atoms with E-state index in [4.69, 9.17) is 16.7 Å². The molecule has 0 saturated heterocycles. The second kappa shape index (κ2) is 1.76. The summed E-state index contributed by atoms with van der Waals surface area (Å²) in [5.41, 5.74) is 0. The Labute approximate surface area is 40.7 Å². The van der Waals surface area contributed by atoms with Crippen molar-refractivity contribution in [3.05, 3.63) is 0 Å². The summed E-state index contributed by atoms with van der Waals surface area (Å²) in [6.07, 6.45) is 0. The zero-order chi connectivity index (χ0) is 5.21. The van der Waals surface area contributed by atoms with Crippen LogP contribution in [0, 0.1) is 0 Å². The van der Waals surface area contributed by atoms with Crippen LogP contribution in [-0.4, -0.2) is 16.8 Å². The third-order valence-corrected chi connectivity index (χ3v) is 0.345. The van der Waals surface area contributed by atoms with E-state index in [0.29, 0.717) is 0 Å². The highest BCUT2D eigenvalue weighted by molar-refractivity contribution is 6.22. The van der Waals surface area contributed by atoms with Gasteiger partial charge in [0.2, 0.25) is 0 Å². The molecule has 0 fully saturated rings. The van der Waals surface area contributed by atoms with E-state index in [1.165, 1.54) is 6.92 Å². The zero-order valence-electron chi connectivity index (χ0n) is 3.41. The average Bonchev–Trinajstić information content (AvgIpc) is 1.35. The minimum atomic E-state index is -1.65. The molecule has 3 heteroatoms. The molecule has 0 aliphatic heterocycles. The number of alkyl halides is 2. The van der Waals surface area contributed by atoms with Gasteiger partial charge in [0.05, 0.1) is 0 Å². The van der Waals surface area contributed by atoms with Crippen LogP contribution in [0.1, 0.15) is 6.92 Å². The van der Waals surface area contributed by atoms with Gasteiger partial charge in [-0.2, -0.15) is 0 Å². The summed E-state index contributed by atoms with van der Waals surface area (Å²) in [4.78, 5) is 0. The van der Waals surface area contributed by atoms with Gasteiger partial charge in [-0.1, -0.05) is 11.6 Å². The molecule has 0 rings (SSSR count). The Hall–Kier alpha value is 0.180. The Morgan fingerprint density at radius 2 is 2.17 bits per heavy atom. The molecule has 0 aliphatic carbocycles. The second-order valence-corrected chi connectivity index (χ2v) is 2.09. The van der Waals surface area contributed by atoms with Crippen LogP contribution in [0.15, 0.2) is 0 Å². The van der Waals surface area contributed by atoms with Crippen LogP contribution in [-0.2, 0) is 0 Å². The Balaban J connectivity index is 3.17. The van der Waals surface area contributed by atoms with Crippen molar-refractivity contribution in [2.75, 3.05) is 6.67 Å². The van der Waals surface area contributed by atoms with Gasteiger partial charge in [0.25, 0.3) is 0 Å². The largest absolute Gasteiger partial charge is 0.373 e. The minimum Gasteiger partial charge on any atom is -0.373 e. The SMILES string of the molecule is CC(O)(Cl)CF. The van der Waals surface area contributed by atoms with Crippen LogP contribution in [0.25, 0.3) is 0 Å². The van der Waals surface area contributed by atoms with Crippen molar-refractivity contribution in [1.82, 2.24) is 0 Å². The number of hydrogen-bond acceptors (Lipinski definition) is 1. The third kappa shape index (κ3) is 4.18. The van der Waals surface area contributed by atoms with E-state index in [2.05, 4.69) is 0 Å². The summed E-state index contributed by atoms with van der Waals surface area (Å²) in [5, 5.41) is 6.56. The molecule has 38 valence electrons. The molecule has 0 aromatic heterocycles. The molecule has 0 aliphatic rings. The van der Waals surface area contributed by atoms with Crippen LogP contribution in [0.4, 0.5) is 4.39 Å². The fraction of sp³-hybridized carbons (Fsp3) is 1.00.